The average Bonchev–Trinajstić information content (AvgIpc) is 2.64. The van der Waals surface area contributed by atoms with Crippen LogP contribution in [0.2, 0.25) is 0 Å². The van der Waals surface area contributed by atoms with Crippen LogP contribution in [0, 0.1) is 0 Å². The van der Waals surface area contributed by atoms with E-state index in [9.17, 15) is 0 Å². The highest BCUT2D eigenvalue weighted by molar-refractivity contribution is 8.93. The maximum Gasteiger partial charge on any atom is 0.0375 e. The molecular weight excluding hydrogens is 452 g/mol. The highest BCUT2D eigenvalue weighted by atomic mass is 79.9. The summed E-state index contributed by atoms with van der Waals surface area (Å²) in [5, 5.41) is 7.36. The van der Waals surface area contributed by atoms with Crippen molar-refractivity contribution in [1.82, 2.24) is 5.32 Å². The summed E-state index contributed by atoms with van der Waals surface area (Å²) in [5.74, 6) is 0. The summed E-state index contributed by atoms with van der Waals surface area (Å²) in [6.45, 7) is 4.42. The summed E-state index contributed by atoms with van der Waals surface area (Å²) in [7, 11) is 0. The van der Waals surface area contributed by atoms with Crippen molar-refractivity contribution in [1.29, 1.82) is 0 Å². The lowest BCUT2D eigenvalue weighted by atomic mass is 9.87. The topological polar surface area (TPSA) is 24.1 Å². The van der Waals surface area contributed by atoms with E-state index in [-0.39, 0.29) is 34.0 Å². The number of halogens is 2. The van der Waals surface area contributed by atoms with Crippen LogP contribution in [0.15, 0.2) is 48.5 Å². The third-order valence-electron chi connectivity index (χ3n) is 4.97. The molecular formula is C22H32Br2N2. The van der Waals surface area contributed by atoms with E-state index < -0.39 is 0 Å². The smallest absolute Gasteiger partial charge is 0.0375 e. The highest BCUT2D eigenvalue weighted by Crippen LogP contribution is 2.28. The molecule has 2 N–H and O–H groups in total. The van der Waals surface area contributed by atoms with Crippen LogP contribution in [0.25, 0.3) is 0 Å². The number of rotatable bonds is 8. The van der Waals surface area contributed by atoms with Gasteiger partial charge in [-0.1, -0.05) is 49.4 Å². The number of hydrogen-bond acceptors (Lipinski definition) is 2. The Hall–Kier alpha value is -0.840. The molecule has 0 radical (unpaired) electrons. The van der Waals surface area contributed by atoms with Gasteiger partial charge in [0.05, 0.1) is 0 Å². The van der Waals surface area contributed by atoms with Gasteiger partial charge >= 0.3 is 0 Å². The van der Waals surface area contributed by atoms with Crippen molar-refractivity contribution < 1.29 is 0 Å². The first-order valence-electron chi connectivity index (χ1n) is 9.48. The molecule has 1 unspecified atom stereocenters. The number of anilines is 1. The maximum absolute atomic E-state index is 3.68. The summed E-state index contributed by atoms with van der Waals surface area (Å²) in [6.07, 6.45) is 7.16. The minimum Gasteiger partial charge on any atom is -0.385 e. The molecule has 0 saturated heterocycles. The van der Waals surface area contributed by atoms with Crippen LogP contribution >= 0.6 is 34.0 Å². The molecule has 2 aromatic rings. The van der Waals surface area contributed by atoms with E-state index in [0.717, 1.165) is 19.5 Å². The SMILES string of the molecule is Br.Br.CCCNC1CCc2c(cccc2NCCCc2ccccc2)C1. The van der Waals surface area contributed by atoms with Crippen molar-refractivity contribution >= 4 is 39.7 Å². The van der Waals surface area contributed by atoms with E-state index in [0.29, 0.717) is 6.04 Å². The van der Waals surface area contributed by atoms with E-state index in [1.165, 1.54) is 48.9 Å². The molecule has 1 atom stereocenters. The summed E-state index contributed by atoms with van der Waals surface area (Å²) in [4.78, 5) is 0. The first-order chi connectivity index (χ1) is 11.9. The molecule has 26 heavy (non-hydrogen) atoms. The maximum atomic E-state index is 3.68. The van der Waals surface area contributed by atoms with Crippen LogP contribution < -0.4 is 10.6 Å². The first-order valence-corrected chi connectivity index (χ1v) is 9.48. The Morgan fingerprint density at radius 3 is 2.54 bits per heavy atom. The second kappa shape index (κ2) is 12.5. The fourth-order valence-electron chi connectivity index (χ4n) is 3.66. The number of benzene rings is 2. The van der Waals surface area contributed by atoms with Gasteiger partial charge in [-0.25, -0.2) is 0 Å². The third kappa shape index (κ3) is 6.71. The molecule has 0 aromatic heterocycles. The quantitative estimate of drug-likeness (QED) is 0.467. The molecule has 4 heteroatoms. The second-order valence-electron chi connectivity index (χ2n) is 6.85. The standard InChI is InChI=1S/C22H30N2.2BrH/c1-2-15-23-20-13-14-21-19(17-20)11-6-12-22(21)24-16-7-10-18-8-4-3-5-9-18;;/h3-6,8-9,11-12,20,23-24H,2,7,10,13-17H2,1H3;2*1H. The number of fused-ring (bicyclic) bond motifs is 1. The Morgan fingerprint density at radius 2 is 1.77 bits per heavy atom. The van der Waals surface area contributed by atoms with E-state index in [4.69, 9.17) is 0 Å². The lowest BCUT2D eigenvalue weighted by Crippen LogP contribution is -2.35. The molecule has 0 spiro atoms. The zero-order valence-electron chi connectivity index (χ0n) is 15.7. The molecule has 0 aliphatic heterocycles. The Labute approximate surface area is 179 Å². The molecule has 2 nitrogen and oxygen atoms in total. The average molecular weight is 484 g/mol. The van der Waals surface area contributed by atoms with Crippen molar-refractivity contribution in [2.24, 2.45) is 0 Å². The number of aryl methyl sites for hydroxylation is 1. The summed E-state index contributed by atoms with van der Waals surface area (Å²) < 4.78 is 0. The van der Waals surface area contributed by atoms with Gasteiger partial charge in [0.15, 0.2) is 0 Å². The van der Waals surface area contributed by atoms with Crippen molar-refractivity contribution in [3.05, 3.63) is 65.2 Å². The molecule has 0 fully saturated rings. The van der Waals surface area contributed by atoms with Crippen molar-refractivity contribution in [2.45, 2.75) is 51.5 Å². The van der Waals surface area contributed by atoms with Gasteiger partial charge in [-0.2, -0.15) is 0 Å². The largest absolute Gasteiger partial charge is 0.385 e. The predicted octanol–water partition coefficient (Wildman–Crippen LogP) is 5.74. The van der Waals surface area contributed by atoms with Crippen LogP contribution in [-0.2, 0) is 19.3 Å². The lowest BCUT2D eigenvalue weighted by molar-refractivity contribution is 0.459. The van der Waals surface area contributed by atoms with Crippen LogP contribution in [0.5, 0.6) is 0 Å². The van der Waals surface area contributed by atoms with Crippen LogP contribution in [0.3, 0.4) is 0 Å². The third-order valence-corrected chi connectivity index (χ3v) is 4.97. The van der Waals surface area contributed by atoms with Crippen LogP contribution in [0.4, 0.5) is 5.69 Å². The molecule has 0 bridgehead atoms. The first kappa shape index (κ1) is 23.2. The molecule has 144 valence electrons. The normalized spacial score (nSPS) is 15.3. The summed E-state index contributed by atoms with van der Waals surface area (Å²) >= 11 is 0. The van der Waals surface area contributed by atoms with Crippen molar-refractivity contribution in [3.63, 3.8) is 0 Å². The van der Waals surface area contributed by atoms with Gasteiger partial charge in [0, 0.05) is 18.3 Å². The van der Waals surface area contributed by atoms with Crippen LogP contribution in [-0.4, -0.2) is 19.1 Å². The predicted molar refractivity (Wildman–Crippen MR) is 124 cm³/mol. The van der Waals surface area contributed by atoms with E-state index in [1.54, 1.807) is 5.56 Å². The molecule has 0 amide bonds. The molecule has 0 saturated carbocycles. The minimum absolute atomic E-state index is 0. The van der Waals surface area contributed by atoms with E-state index in [1.807, 2.05) is 0 Å². The molecule has 2 aromatic carbocycles. The fraction of sp³-hybridized carbons (Fsp3) is 0.455. The monoisotopic (exact) mass is 482 g/mol. The van der Waals surface area contributed by atoms with Gasteiger partial charge in [-0.3, -0.25) is 0 Å². The molecule has 1 aliphatic carbocycles. The van der Waals surface area contributed by atoms with Crippen LogP contribution in [0.1, 0.15) is 42.9 Å². The van der Waals surface area contributed by atoms with Crippen molar-refractivity contribution in [2.75, 3.05) is 18.4 Å². The molecule has 0 heterocycles. The zero-order chi connectivity index (χ0) is 16.6. The molecule has 1 aliphatic rings. The zero-order valence-corrected chi connectivity index (χ0v) is 19.1. The van der Waals surface area contributed by atoms with E-state index >= 15 is 0 Å². The Bertz CT molecular complexity index is 631. The van der Waals surface area contributed by atoms with Gasteiger partial charge in [0.25, 0.3) is 0 Å². The highest BCUT2D eigenvalue weighted by Gasteiger charge is 2.19. The summed E-state index contributed by atoms with van der Waals surface area (Å²) in [5.41, 5.74) is 5.86. The van der Waals surface area contributed by atoms with E-state index in [2.05, 4.69) is 66.1 Å². The summed E-state index contributed by atoms with van der Waals surface area (Å²) in [6, 6.07) is 18.2. The van der Waals surface area contributed by atoms with Gasteiger partial charge in [-0.15, -0.1) is 34.0 Å². The molecule has 3 rings (SSSR count). The Morgan fingerprint density at radius 1 is 0.962 bits per heavy atom. The Kier molecular flexibility index (Phi) is 11.2. The number of hydrogen-bond donors (Lipinski definition) is 2. The second-order valence-corrected chi connectivity index (χ2v) is 6.85. The van der Waals surface area contributed by atoms with Gasteiger partial charge in [0.2, 0.25) is 0 Å². The van der Waals surface area contributed by atoms with Gasteiger partial charge in [-0.05, 0) is 67.8 Å². The fourth-order valence-corrected chi connectivity index (χ4v) is 3.66. The lowest BCUT2D eigenvalue weighted by Gasteiger charge is -2.27. The van der Waals surface area contributed by atoms with Gasteiger partial charge < -0.3 is 10.6 Å². The number of nitrogens with one attached hydrogen (secondary N) is 2. The van der Waals surface area contributed by atoms with Gasteiger partial charge in [0.1, 0.15) is 0 Å². The van der Waals surface area contributed by atoms with Crippen molar-refractivity contribution in [3.8, 4) is 0 Å². The minimum atomic E-state index is 0. The Balaban J connectivity index is 0.00000169.